The van der Waals surface area contributed by atoms with Gasteiger partial charge in [-0.15, -0.1) is 0 Å². The molecule has 0 aliphatic rings. The number of carbonyl (C=O) groups is 1. The Hall–Kier alpha value is -2.19. The average Bonchev–Trinajstić information content (AvgIpc) is 2.48. The molecule has 1 aromatic heterocycles. The molecular formula is C14H13ClFN3O3S. The molecule has 0 fully saturated rings. The first kappa shape index (κ1) is 17.2. The smallest absolute Gasteiger partial charge is 0.245 e. The first-order chi connectivity index (χ1) is 10.8. The van der Waals surface area contributed by atoms with Crippen LogP contribution in [0.2, 0.25) is 5.02 Å². The van der Waals surface area contributed by atoms with Crippen molar-refractivity contribution in [2.75, 3.05) is 22.4 Å². The number of rotatable bonds is 5. The Morgan fingerprint density at radius 2 is 2.13 bits per heavy atom. The molecule has 2 aromatic rings. The maximum Gasteiger partial charge on any atom is 0.245 e. The van der Waals surface area contributed by atoms with Crippen molar-refractivity contribution in [2.45, 2.75) is 0 Å². The highest BCUT2D eigenvalue weighted by Gasteiger charge is 2.21. The molecule has 23 heavy (non-hydrogen) atoms. The van der Waals surface area contributed by atoms with E-state index in [1.165, 1.54) is 12.3 Å². The van der Waals surface area contributed by atoms with Crippen LogP contribution < -0.4 is 9.62 Å². The molecular weight excluding hydrogens is 345 g/mol. The molecule has 0 unspecified atom stereocenters. The van der Waals surface area contributed by atoms with E-state index in [0.29, 0.717) is 5.69 Å². The van der Waals surface area contributed by atoms with Crippen molar-refractivity contribution in [2.24, 2.45) is 0 Å². The van der Waals surface area contributed by atoms with Gasteiger partial charge in [0.05, 0.1) is 28.9 Å². The topological polar surface area (TPSA) is 79.4 Å². The zero-order valence-corrected chi connectivity index (χ0v) is 13.6. The summed E-state index contributed by atoms with van der Waals surface area (Å²) in [5, 5.41) is 2.29. The van der Waals surface area contributed by atoms with Crippen LogP contribution in [0, 0.1) is 5.82 Å². The van der Waals surface area contributed by atoms with Crippen LogP contribution in [0.3, 0.4) is 0 Å². The number of hydrogen-bond acceptors (Lipinski definition) is 4. The molecule has 0 bridgehead atoms. The molecule has 0 spiro atoms. The molecule has 1 aromatic carbocycles. The predicted octanol–water partition coefficient (Wildman–Crippen LogP) is 2.28. The van der Waals surface area contributed by atoms with Gasteiger partial charge in [-0.25, -0.2) is 12.8 Å². The van der Waals surface area contributed by atoms with Gasteiger partial charge in [0.25, 0.3) is 0 Å². The van der Waals surface area contributed by atoms with E-state index in [0.717, 1.165) is 22.7 Å². The molecule has 0 atom stereocenters. The van der Waals surface area contributed by atoms with Crippen molar-refractivity contribution in [3.05, 3.63) is 53.6 Å². The number of anilines is 2. The van der Waals surface area contributed by atoms with Gasteiger partial charge in [-0.2, -0.15) is 0 Å². The van der Waals surface area contributed by atoms with Crippen LogP contribution in [-0.2, 0) is 14.8 Å². The number of aromatic nitrogens is 1. The van der Waals surface area contributed by atoms with Gasteiger partial charge in [-0.1, -0.05) is 11.6 Å². The lowest BCUT2D eigenvalue weighted by Gasteiger charge is -2.22. The molecule has 6 nitrogen and oxygen atoms in total. The van der Waals surface area contributed by atoms with E-state index in [1.807, 2.05) is 0 Å². The van der Waals surface area contributed by atoms with Gasteiger partial charge in [0.15, 0.2) is 0 Å². The Balaban J connectivity index is 2.23. The van der Waals surface area contributed by atoms with Crippen molar-refractivity contribution < 1.29 is 17.6 Å². The molecule has 0 saturated heterocycles. The average molecular weight is 358 g/mol. The minimum Gasteiger partial charge on any atom is -0.323 e. The molecule has 1 N–H and O–H groups in total. The van der Waals surface area contributed by atoms with Crippen LogP contribution in [0.4, 0.5) is 15.8 Å². The number of amides is 1. The highest BCUT2D eigenvalue weighted by atomic mass is 35.5. The monoisotopic (exact) mass is 357 g/mol. The third-order valence-electron chi connectivity index (χ3n) is 2.82. The van der Waals surface area contributed by atoms with E-state index in [2.05, 4.69) is 10.3 Å². The van der Waals surface area contributed by atoms with E-state index in [4.69, 9.17) is 11.6 Å². The Bertz CT molecular complexity index is 815. The summed E-state index contributed by atoms with van der Waals surface area (Å²) < 4.78 is 37.9. The molecule has 0 radical (unpaired) electrons. The van der Waals surface area contributed by atoms with E-state index in [-0.39, 0.29) is 10.7 Å². The van der Waals surface area contributed by atoms with Gasteiger partial charge in [0.2, 0.25) is 15.9 Å². The van der Waals surface area contributed by atoms with Gasteiger partial charge in [-0.3, -0.25) is 14.1 Å². The number of hydrogen-bond donors (Lipinski definition) is 1. The zero-order chi connectivity index (χ0) is 17.0. The summed E-state index contributed by atoms with van der Waals surface area (Å²) in [6, 6.07) is 6.66. The van der Waals surface area contributed by atoms with Gasteiger partial charge >= 0.3 is 0 Å². The minimum atomic E-state index is -3.76. The Morgan fingerprint density at radius 3 is 2.70 bits per heavy atom. The summed E-state index contributed by atoms with van der Waals surface area (Å²) in [5.74, 6) is -1.24. The van der Waals surface area contributed by atoms with Gasteiger partial charge in [0, 0.05) is 6.20 Å². The van der Waals surface area contributed by atoms with E-state index in [1.54, 1.807) is 18.3 Å². The van der Waals surface area contributed by atoms with Crippen LogP contribution in [0.5, 0.6) is 0 Å². The van der Waals surface area contributed by atoms with Crippen LogP contribution in [0.15, 0.2) is 42.7 Å². The third-order valence-corrected chi connectivity index (χ3v) is 4.25. The standard InChI is InChI=1S/C14H13ClFN3O3S/c1-23(21,22)19(11-4-5-13(16)12(15)7-11)9-14(20)18-10-3-2-6-17-8-10/h2-8H,9H2,1H3,(H,18,20). The molecule has 9 heteroatoms. The second-order valence-electron chi connectivity index (χ2n) is 4.66. The van der Waals surface area contributed by atoms with Crippen LogP contribution in [0.25, 0.3) is 0 Å². The van der Waals surface area contributed by atoms with Crippen molar-refractivity contribution in [3.8, 4) is 0 Å². The van der Waals surface area contributed by atoms with Crippen molar-refractivity contribution >= 4 is 38.9 Å². The van der Waals surface area contributed by atoms with E-state index >= 15 is 0 Å². The van der Waals surface area contributed by atoms with Crippen molar-refractivity contribution in [1.29, 1.82) is 0 Å². The van der Waals surface area contributed by atoms with E-state index < -0.39 is 28.3 Å². The summed E-state index contributed by atoms with van der Waals surface area (Å²) in [6.07, 6.45) is 3.91. The minimum absolute atomic E-state index is 0.0974. The number of nitrogens with zero attached hydrogens (tertiary/aromatic N) is 2. The Kier molecular flexibility index (Phi) is 5.17. The Labute approximate surface area is 138 Å². The van der Waals surface area contributed by atoms with Gasteiger partial charge in [0.1, 0.15) is 12.4 Å². The summed E-state index contributed by atoms with van der Waals surface area (Å²) in [4.78, 5) is 15.9. The van der Waals surface area contributed by atoms with Crippen LogP contribution in [0.1, 0.15) is 0 Å². The number of halogens is 2. The largest absolute Gasteiger partial charge is 0.323 e. The van der Waals surface area contributed by atoms with Crippen molar-refractivity contribution in [1.82, 2.24) is 4.98 Å². The number of sulfonamides is 1. The highest BCUT2D eigenvalue weighted by molar-refractivity contribution is 7.92. The van der Waals surface area contributed by atoms with Gasteiger partial charge < -0.3 is 5.32 Å². The first-order valence-electron chi connectivity index (χ1n) is 6.40. The van der Waals surface area contributed by atoms with Gasteiger partial charge in [-0.05, 0) is 30.3 Å². The molecule has 1 heterocycles. The fraction of sp³-hybridized carbons (Fsp3) is 0.143. The molecule has 2 rings (SSSR count). The molecule has 0 aliphatic heterocycles. The summed E-state index contributed by atoms with van der Waals surface area (Å²) >= 11 is 5.67. The number of nitrogens with one attached hydrogen (secondary N) is 1. The second kappa shape index (κ2) is 6.93. The zero-order valence-electron chi connectivity index (χ0n) is 12.0. The number of benzene rings is 1. The normalized spacial score (nSPS) is 11.1. The Morgan fingerprint density at radius 1 is 1.39 bits per heavy atom. The first-order valence-corrected chi connectivity index (χ1v) is 8.62. The predicted molar refractivity (Wildman–Crippen MR) is 86.5 cm³/mol. The fourth-order valence-electron chi connectivity index (χ4n) is 1.81. The number of pyridine rings is 1. The lowest BCUT2D eigenvalue weighted by molar-refractivity contribution is -0.114. The SMILES string of the molecule is CS(=O)(=O)N(CC(=O)Nc1cccnc1)c1ccc(F)c(Cl)c1. The third kappa shape index (κ3) is 4.64. The molecule has 1 amide bonds. The number of carbonyl (C=O) groups excluding carboxylic acids is 1. The van der Waals surface area contributed by atoms with E-state index in [9.17, 15) is 17.6 Å². The van der Waals surface area contributed by atoms with Crippen LogP contribution in [-0.4, -0.2) is 32.1 Å². The summed E-state index contributed by atoms with van der Waals surface area (Å²) in [5.41, 5.74) is 0.531. The molecule has 122 valence electrons. The maximum atomic E-state index is 13.2. The summed E-state index contributed by atoms with van der Waals surface area (Å²) in [7, 11) is -3.76. The summed E-state index contributed by atoms with van der Waals surface area (Å²) in [6.45, 7) is -0.476. The second-order valence-corrected chi connectivity index (χ2v) is 6.97. The lowest BCUT2D eigenvalue weighted by Crippen LogP contribution is -2.37. The van der Waals surface area contributed by atoms with Crippen LogP contribution >= 0.6 is 11.6 Å². The highest BCUT2D eigenvalue weighted by Crippen LogP contribution is 2.24. The molecule has 0 aliphatic carbocycles. The fourth-order valence-corrected chi connectivity index (χ4v) is 2.83. The quantitative estimate of drug-likeness (QED) is 0.890. The van der Waals surface area contributed by atoms with Crippen molar-refractivity contribution in [3.63, 3.8) is 0 Å². The lowest BCUT2D eigenvalue weighted by atomic mass is 10.3. The molecule has 0 saturated carbocycles. The maximum absolute atomic E-state index is 13.2.